The number of aliphatic hydroxyl groups excluding tert-OH is 1. The van der Waals surface area contributed by atoms with Gasteiger partial charge in [0.2, 0.25) is 0 Å². The van der Waals surface area contributed by atoms with Gasteiger partial charge in [0.25, 0.3) is 0 Å². The van der Waals surface area contributed by atoms with Gasteiger partial charge in [-0.1, -0.05) is 20.8 Å². The molecule has 1 aliphatic carbocycles. The van der Waals surface area contributed by atoms with E-state index in [2.05, 4.69) is 20.8 Å². The minimum absolute atomic E-state index is 0.0424. The molecule has 1 heterocycles. The predicted molar refractivity (Wildman–Crippen MR) is 76.1 cm³/mol. The van der Waals surface area contributed by atoms with Gasteiger partial charge in [-0.05, 0) is 49.4 Å². The molecule has 0 aromatic carbocycles. The Morgan fingerprint density at radius 1 is 1.11 bits per heavy atom. The van der Waals surface area contributed by atoms with Crippen LogP contribution < -0.4 is 0 Å². The molecule has 19 heavy (non-hydrogen) atoms. The molecule has 3 heteroatoms. The van der Waals surface area contributed by atoms with Gasteiger partial charge in [-0.3, -0.25) is 0 Å². The van der Waals surface area contributed by atoms with Crippen LogP contribution in [0.25, 0.3) is 0 Å². The fourth-order valence-corrected chi connectivity index (χ4v) is 3.25. The minimum Gasteiger partial charge on any atom is -0.390 e. The van der Waals surface area contributed by atoms with Crippen LogP contribution in [0, 0.1) is 17.3 Å². The Morgan fingerprint density at radius 3 is 2.42 bits per heavy atom. The van der Waals surface area contributed by atoms with Gasteiger partial charge >= 0.3 is 0 Å². The van der Waals surface area contributed by atoms with Crippen molar-refractivity contribution in [2.45, 2.75) is 65.1 Å². The molecule has 3 nitrogen and oxygen atoms in total. The van der Waals surface area contributed by atoms with Gasteiger partial charge in [-0.2, -0.15) is 0 Å². The van der Waals surface area contributed by atoms with E-state index in [1.54, 1.807) is 0 Å². The first kappa shape index (κ1) is 15.3. The Morgan fingerprint density at radius 2 is 1.79 bits per heavy atom. The normalized spacial score (nSPS) is 34.4. The first-order valence-corrected chi connectivity index (χ1v) is 7.84. The van der Waals surface area contributed by atoms with Gasteiger partial charge in [0.1, 0.15) is 0 Å². The summed E-state index contributed by atoms with van der Waals surface area (Å²) in [6, 6.07) is 0. The fraction of sp³-hybridized carbons (Fsp3) is 1.00. The zero-order valence-electron chi connectivity index (χ0n) is 12.7. The van der Waals surface area contributed by atoms with Crippen LogP contribution in [0.2, 0.25) is 0 Å². The van der Waals surface area contributed by atoms with E-state index < -0.39 is 0 Å². The van der Waals surface area contributed by atoms with E-state index in [-0.39, 0.29) is 12.2 Å². The van der Waals surface area contributed by atoms with E-state index in [1.165, 1.54) is 0 Å². The van der Waals surface area contributed by atoms with E-state index in [9.17, 15) is 5.11 Å². The number of aliphatic hydroxyl groups is 1. The van der Waals surface area contributed by atoms with Crippen molar-refractivity contribution in [1.82, 2.24) is 0 Å². The van der Waals surface area contributed by atoms with Crippen LogP contribution in [0.1, 0.15) is 52.9 Å². The molecular weight excluding hydrogens is 240 g/mol. The smallest absolute Gasteiger partial charge is 0.0836 e. The number of rotatable bonds is 3. The van der Waals surface area contributed by atoms with Crippen molar-refractivity contribution >= 4 is 0 Å². The van der Waals surface area contributed by atoms with Crippen molar-refractivity contribution in [1.29, 1.82) is 0 Å². The van der Waals surface area contributed by atoms with Gasteiger partial charge < -0.3 is 14.6 Å². The van der Waals surface area contributed by atoms with Crippen LogP contribution in [0.3, 0.4) is 0 Å². The molecule has 3 atom stereocenters. The first-order chi connectivity index (χ1) is 8.97. The third-order valence-corrected chi connectivity index (χ3v) is 4.87. The number of ether oxygens (including phenoxy) is 2. The van der Waals surface area contributed by atoms with Crippen molar-refractivity contribution in [3.05, 3.63) is 0 Å². The van der Waals surface area contributed by atoms with Crippen LogP contribution in [0.15, 0.2) is 0 Å². The molecule has 2 rings (SSSR count). The van der Waals surface area contributed by atoms with Crippen LogP contribution in [0.4, 0.5) is 0 Å². The molecule has 1 saturated heterocycles. The largest absolute Gasteiger partial charge is 0.390 e. The molecule has 0 radical (unpaired) electrons. The molecule has 2 aliphatic rings. The van der Waals surface area contributed by atoms with Crippen molar-refractivity contribution in [3.8, 4) is 0 Å². The quantitative estimate of drug-likeness (QED) is 0.857. The van der Waals surface area contributed by atoms with Crippen LogP contribution in [-0.4, -0.2) is 37.1 Å². The molecule has 2 fully saturated rings. The lowest BCUT2D eigenvalue weighted by Crippen LogP contribution is -2.40. The summed E-state index contributed by atoms with van der Waals surface area (Å²) in [5.41, 5.74) is 0.320. The topological polar surface area (TPSA) is 38.7 Å². The second kappa shape index (κ2) is 6.55. The van der Waals surface area contributed by atoms with Gasteiger partial charge in [0, 0.05) is 13.2 Å². The number of hydrogen-bond acceptors (Lipinski definition) is 3. The zero-order chi connectivity index (χ0) is 13.9. The van der Waals surface area contributed by atoms with Gasteiger partial charge in [0.05, 0.1) is 18.8 Å². The summed E-state index contributed by atoms with van der Waals surface area (Å²) >= 11 is 0. The standard InChI is InChI=1S/C16H30O3/c1-16(2,3)13-4-5-14(17)15(10-13)19-11-12-6-8-18-9-7-12/h12-15,17H,4-11H2,1-3H3. The summed E-state index contributed by atoms with van der Waals surface area (Å²) < 4.78 is 11.4. The average Bonchev–Trinajstić information content (AvgIpc) is 2.37. The zero-order valence-corrected chi connectivity index (χ0v) is 12.7. The summed E-state index contributed by atoms with van der Waals surface area (Å²) in [5.74, 6) is 1.28. The third-order valence-electron chi connectivity index (χ3n) is 4.87. The summed E-state index contributed by atoms with van der Waals surface area (Å²) in [7, 11) is 0. The highest BCUT2D eigenvalue weighted by molar-refractivity contribution is 4.86. The predicted octanol–water partition coefficient (Wildman–Crippen LogP) is 3.01. The second-order valence-corrected chi connectivity index (χ2v) is 7.37. The summed E-state index contributed by atoms with van der Waals surface area (Å²) in [6.07, 6.45) is 5.01. The highest BCUT2D eigenvalue weighted by atomic mass is 16.5. The molecule has 0 aromatic heterocycles. The Bertz CT molecular complexity index is 266. The van der Waals surface area contributed by atoms with Crippen molar-refractivity contribution in [2.24, 2.45) is 17.3 Å². The van der Waals surface area contributed by atoms with Crippen LogP contribution >= 0.6 is 0 Å². The lowest BCUT2D eigenvalue weighted by Gasteiger charge is -2.40. The van der Waals surface area contributed by atoms with Gasteiger partial charge in [-0.25, -0.2) is 0 Å². The monoisotopic (exact) mass is 270 g/mol. The average molecular weight is 270 g/mol. The molecule has 0 bridgehead atoms. The molecule has 0 spiro atoms. The molecule has 1 saturated carbocycles. The van der Waals surface area contributed by atoms with Crippen molar-refractivity contribution in [2.75, 3.05) is 19.8 Å². The maximum Gasteiger partial charge on any atom is 0.0836 e. The Kier molecular flexibility index (Phi) is 5.27. The molecule has 112 valence electrons. The van der Waals surface area contributed by atoms with Crippen LogP contribution in [0.5, 0.6) is 0 Å². The van der Waals surface area contributed by atoms with Gasteiger partial charge in [0.15, 0.2) is 0 Å². The summed E-state index contributed by atoms with van der Waals surface area (Å²) in [4.78, 5) is 0. The van der Waals surface area contributed by atoms with Crippen molar-refractivity contribution < 1.29 is 14.6 Å². The fourth-order valence-electron chi connectivity index (χ4n) is 3.25. The van der Waals surface area contributed by atoms with E-state index in [4.69, 9.17) is 9.47 Å². The Balaban J connectivity index is 1.80. The summed E-state index contributed by atoms with van der Waals surface area (Å²) in [5, 5.41) is 10.1. The molecule has 1 aliphatic heterocycles. The maximum absolute atomic E-state index is 10.1. The number of hydrogen-bond donors (Lipinski definition) is 1. The lowest BCUT2D eigenvalue weighted by molar-refractivity contribution is -0.0993. The molecule has 0 aromatic rings. The van der Waals surface area contributed by atoms with E-state index >= 15 is 0 Å². The van der Waals surface area contributed by atoms with E-state index in [0.29, 0.717) is 17.3 Å². The van der Waals surface area contributed by atoms with Crippen molar-refractivity contribution in [3.63, 3.8) is 0 Å². The summed E-state index contributed by atoms with van der Waals surface area (Å²) in [6.45, 7) is 9.42. The highest BCUT2D eigenvalue weighted by Gasteiger charge is 2.35. The van der Waals surface area contributed by atoms with E-state index in [0.717, 1.165) is 51.9 Å². The SMILES string of the molecule is CC(C)(C)C1CCC(O)C(OCC2CCOCC2)C1. The molecular formula is C16H30O3. The lowest BCUT2D eigenvalue weighted by atomic mass is 9.71. The minimum atomic E-state index is -0.265. The molecule has 3 unspecified atom stereocenters. The highest BCUT2D eigenvalue weighted by Crippen LogP contribution is 2.39. The van der Waals surface area contributed by atoms with Crippen LogP contribution in [-0.2, 0) is 9.47 Å². The molecule has 1 N–H and O–H groups in total. The van der Waals surface area contributed by atoms with Gasteiger partial charge in [-0.15, -0.1) is 0 Å². The Labute approximate surface area is 117 Å². The first-order valence-electron chi connectivity index (χ1n) is 7.84. The Hall–Kier alpha value is -0.120. The van der Waals surface area contributed by atoms with E-state index in [1.807, 2.05) is 0 Å². The maximum atomic E-state index is 10.1. The third kappa shape index (κ3) is 4.44. The second-order valence-electron chi connectivity index (χ2n) is 7.37. The molecule has 0 amide bonds.